The van der Waals surface area contributed by atoms with E-state index >= 15 is 0 Å². The summed E-state index contributed by atoms with van der Waals surface area (Å²) in [6, 6.07) is 0. The van der Waals surface area contributed by atoms with E-state index < -0.39 is 5.72 Å². The van der Waals surface area contributed by atoms with Crippen LogP contribution in [0.4, 0.5) is 0 Å². The van der Waals surface area contributed by atoms with Crippen molar-refractivity contribution in [2.45, 2.75) is 57.2 Å². The molecule has 2 fully saturated rings. The second kappa shape index (κ2) is 2.94. The highest BCUT2D eigenvalue weighted by atomic mass is 16.6. The molecule has 1 saturated heterocycles. The molecule has 0 bridgehead atoms. The minimum atomic E-state index is -0.457. The third-order valence-corrected chi connectivity index (χ3v) is 3.25. The highest BCUT2D eigenvalue weighted by Gasteiger charge is 2.52. The van der Waals surface area contributed by atoms with Crippen LogP contribution >= 0.6 is 0 Å². The zero-order valence-electron chi connectivity index (χ0n) is 8.51. The lowest BCUT2D eigenvalue weighted by Crippen LogP contribution is -2.50. The molecule has 0 aromatic heterocycles. The Morgan fingerprint density at radius 1 is 1.15 bits per heavy atom. The minimum Gasteiger partial charge on any atom is -0.356 e. The van der Waals surface area contributed by atoms with E-state index in [4.69, 9.17) is 4.74 Å². The maximum absolute atomic E-state index is 12.0. The van der Waals surface area contributed by atoms with E-state index in [0.717, 1.165) is 25.7 Å². The van der Waals surface area contributed by atoms with Gasteiger partial charge in [0.25, 0.3) is 0 Å². The number of hydrogen-bond donors (Lipinski definition) is 0. The molecule has 1 aliphatic heterocycles. The van der Waals surface area contributed by atoms with Gasteiger partial charge in [-0.1, -0.05) is 6.42 Å². The molecule has 13 heavy (non-hydrogen) atoms. The summed E-state index contributed by atoms with van der Waals surface area (Å²) in [5.74, 6) is 0. The molecule has 3 heteroatoms. The Morgan fingerprint density at radius 2 is 1.77 bits per heavy atom. The molecule has 2 rings (SSSR count). The summed E-state index contributed by atoms with van der Waals surface area (Å²) in [6.07, 6.45) is 5.35. The maximum atomic E-state index is 12.0. The van der Waals surface area contributed by atoms with E-state index in [2.05, 4.69) is 0 Å². The summed E-state index contributed by atoms with van der Waals surface area (Å²) in [4.78, 5) is 0. The summed E-state index contributed by atoms with van der Waals surface area (Å²) in [5.41, 5.74) is -0.779. The van der Waals surface area contributed by atoms with Crippen LogP contribution in [0.2, 0.25) is 0 Å². The molecule has 1 heterocycles. The Bertz CT molecular complexity index is 197. The highest BCUT2D eigenvalue weighted by molar-refractivity contribution is 4.94. The summed E-state index contributed by atoms with van der Waals surface area (Å²) < 4.78 is 5.72. The Kier molecular flexibility index (Phi) is 2.13. The van der Waals surface area contributed by atoms with E-state index in [-0.39, 0.29) is 5.54 Å². The van der Waals surface area contributed by atoms with Gasteiger partial charge in [-0.15, -0.1) is 10.3 Å². The minimum absolute atomic E-state index is 0.322. The van der Waals surface area contributed by atoms with Crippen LogP contribution < -0.4 is 0 Å². The van der Waals surface area contributed by atoms with Gasteiger partial charge < -0.3 is 4.74 Å². The summed E-state index contributed by atoms with van der Waals surface area (Å²) in [7, 11) is 0. The second-order valence-electron chi connectivity index (χ2n) is 4.90. The Hall–Kier alpha value is -0.120. The number of rotatable bonds is 0. The van der Waals surface area contributed by atoms with Crippen LogP contribution in [0.3, 0.4) is 0 Å². The monoisotopic (exact) mass is 184 g/mol. The van der Waals surface area contributed by atoms with Gasteiger partial charge in [-0.05, 0) is 39.5 Å². The smallest absolute Gasteiger partial charge is 0.147 e. The maximum Gasteiger partial charge on any atom is 0.147 e. The number of nitrogens with zero attached hydrogens (tertiary/aromatic N) is 1. The molecular formula is C10H18NO2. The normalized spacial score (nSPS) is 32.5. The van der Waals surface area contributed by atoms with Gasteiger partial charge in [-0.25, -0.2) is 0 Å². The van der Waals surface area contributed by atoms with Crippen LogP contribution in [0, 0.1) is 0 Å². The average molecular weight is 184 g/mol. The molecule has 3 nitrogen and oxygen atoms in total. The van der Waals surface area contributed by atoms with Crippen molar-refractivity contribution < 1.29 is 9.94 Å². The zero-order chi connectivity index (χ0) is 9.53. The van der Waals surface area contributed by atoms with Crippen molar-refractivity contribution in [2.75, 3.05) is 6.61 Å². The molecule has 0 aromatic rings. The third-order valence-electron chi connectivity index (χ3n) is 3.25. The summed E-state index contributed by atoms with van der Waals surface area (Å²) in [6.45, 7) is 4.50. The lowest BCUT2D eigenvalue weighted by Gasteiger charge is -2.37. The lowest BCUT2D eigenvalue weighted by atomic mass is 9.90. The fraction of sp³-hybridized carbons (Fsp3) is 1.00. The standard InChI is InChI=1S/C10H18NO2/c1-9(2)8-13-10(11(9)12)6-4-3-5-7-10/h3-8H2,1-2H3. The van der Waals surface area contributed by atoms with Gasteiger partial charge in [-0.2, -0.15) is 0 Å². The number of hydroxylamine groups is 2. The van der Waals surface area contributed by atoms with Gasteiger partial charge >= 0.3 is 0 Å². The average Bonchev–Trinajstić information content (AvgIpc) is 2.33. The van der Waals surface area contributed by atoms with E-state index in [1.54, 1.807) is 0 Å². The Balaban J connectivity index is 2.15. The number of hydrogen-bond acceptors (Lipinski definition) is 2. The van der Waals surface area contributed by atoms with Gasteiger partial charge in [0, 0.05) is 0 Å². The topological polar surface area (TPSA) is 32.4 Å². The van der Waals surface area contributed by atoms with Crippen molar-refractivity contribution in [3.63, 3.8) is 0 Å². The SMILES string of the molecule is CC1(C)COC2(CCCCC2)N1[O]. The first kappa shape index (κ1) is 9.44. The fourth-order valence-corrected chi connectivity index (χ4v) is 2.43. The molecule has 0 aromatic carbocycles. The van der Waals surface area contributed by atoms with Gasteiger partial charge in [-0.3, -0.25) is 0 Å². The van der Waals surface area contributed by atoms with Crippen molar-refractivity contribution in [1.29, 1.82) is 0 Å². The summed E-state index contributed by atoms with van der Waals surface area (Å²) >= 11 is 0. The Labute approximate surface area is 79.6 Å². The van der Waals surface area contributed by atoms with Crippen molar-refractivity contribution in [2.24, 2.45) is 0 Å². The molecule has 75 valence electrons. The van der Waals surface area contributed by atoms with E-state index in [9.17, 15) is 5.21 Å². The van der Waals surface area contributed by atoms with Crippen LogP contribution in [0.1, 0.15) is 46.0 Å². The predicted octanol–water partition coefficient (Wildman–Crippen LogP) is 2.10. The molecule has 0 unspecified atom stereocenters. The van der Waals surface area contributed by atoms with Crippen molar-refractivity contribution in [3.8, 4) is 0 Å². The highest BCUT2D eigenvalue weighted by Crippen LogP contribution is 2.42. The molecular weight excluding hydrogens is 166 g/mol. The summed E-state index contributed by atoms with van der Waals surface area (Å²) in [5, 5.41) is 13.2. The predicted molar refractivity (Wildman–Crippen MR) is 48.4 cm³/mol. The van der Waals surface area contributed by atoms with Crippen molar-refractivity contribution >= 4 is 0 Å². The van der Waals surface area contributed by atoms with E-state index in [1.807, 2.05) is 13.8 Å². The molecule has 1 radical (unpaired) electrons. The van der Waals surface area contributed by atoms with Gasteiger partial charge in [0.15, 0.2) is 0 Å². The van der Waals surface area contributed by atoms with Crippen molar-refractivity contribution in [3.05, 3.63) is 0 Å². The van der Waals surface area contributed by atoms with Crippen LogP contribution in [0.25, 0.3) is 0 Å². The second-order valence-corrected chi connectivity index (χ2v) is 4.90. The fourth-order valence-electron chi connectivity index (χ4n) is 2.43. The first-order valence-electron chi connectivity index (χ1n) is 5.18. The van der Waals surface area contributed by atoms with Crippen LogP contribution in [0.15, 0.2) is 0 Å². The first-order chi connectivity index (χ1) is 6.07. The third kappa shape index (κ3) is 1.39. The first-order valence-corrected chi connectivity index (χ1v) is 5.18. The van der Waals surface area contributed by atoms with Gasteiger partial charge in [0.2, 0.25) is 0 Å². The lowest BCUT2D eigenvalue weighted by molar-refractivity contribution is -0.299. The van der Waals surface area contributed by atoms with Gasteiger partial charge in [0.1, 0.15) is 5.72 Å². The molecule has 2 aliphatic rings. The van der Waals surface area contributed by atoms with Crippen LogP contribution in [0.5, 0.6) is 0 Å². The van der Waals surface area contributed by atoms with E-state index in [1.165, 1.54) is 11.5 Å². The van der Waals surface area contributed by atoms with Gasteiger partial charge in [0.05, 0.1) is 12.1 Å². The Morgan fingerprint density at radius 3 is 2.23 bits per heavy atom. The molecule has 1 aliphatic carbocycles. The molecule has 0 atom stereocenters. The quantitative estimate of drug-likeness (QED) is 0.577. The number of ether oxygens (including phenoxy) is 1. The van der Waals surface area contributed by atoms with Crippen molar-refractivity contribution in [1.82, 2.24) is 5.06 Å². The molecule has 0 N–H and O–H groups in total. The molecule has 0 amide bonds. The van der Waals surface area contributed by atoms with E-state index in [0.29, 0.717) is 6.61 Å². The zero-order valence-corrected chi connectivity index (χ0v) is 8.51. The van der Waals surface area contributed by atoms with Crippen LogP contribution in [-0.4, -0.2) is 22.9 Å². The van der Waals surface area contributed by atoms with Crippen LogP contribution in [-0.2, 0) is 9.94 Å². The molecule has 1 saturated carbocycles. The molecule has 1 spiro atoms. The largest absolute Gasteiger partial charge is 0.356 e.